The Morgan fingerprint density at radius 2 is 1.64 bits per heavy atom. The number of para-hydroxylation sites is 2. The molecular formula is C21H16N2O2. The Bertz CT molecular complexity index is 1020. The van der Waals surface area contributed by atoms with E-state index in [1.807, 2.05) is 79.7 Å². The van der Waals surface area contributed by atoms with Crippen LogP contribution in [0.4, 0.5) is 5.69 Å². The second-order valence-corrected chi connectivity index (χ2v) is 5.83. The third-order valence-electron chi connectivity index (χ3n) is 4.07. The van der Waals surface area contributed by atoms with Gasteiger partial charge in [0.2, 0.25) is 5.89 Å². The van der Waals surface area contributed by atoms with Gasteiger partial charge in [-0.25, -0.2) is 4.98 Å². The molecule has 0 atom stereocenters. The molecule has 0 bridgehead atoms. The van der Waals surface area contributed by atoms with Crippen molar-refractivity contribution in [3.63, 3.8) is 0 Å². The second-order valence-electron chi connectivity index (χ2n) is 5.83. The van der Waals surface area contributed by atoms with E-state index in [4.69, 9.17) is 4.42 Å². The van der Waals surface area contributed by atoms with Gasteiger partial charge in [0.25, 0.3) is 5.91 Å². The van der Waals surface area contributed by atoms with E-state index in [-0.39, 0.29) is 5.91 Å². The molecule has 0 saturated carbocycles. The van der Waals surface area contributed by atoms with Crippen molar-refractivity contribution >= 4 is 22.7 Å². The van der Waals surface area contributed by atoms with Crippen LogP contribution in [0.1, 0.15) is 15.9 Å². The smallest absolute Gasteiger partial charge is 0.255 e. The first kappa shape index (κ1) is 15.1. The minimum Gasteiger partial charge on any atom is -0.436 e. The van der Waals surface area contributed by atoms with E-state index in [1.54, 1.807) is 0 Å². The summed E-state index contributed by atoms with van der Waals surface area (Å²) < 4.78 is 5.76. The molecule has 1 aromatic heterocycles. The van der Waals surface area contributed by atoms with Gasteiger partial charge in [0.1, 0.15) is 5.52 Å². The summed E-state index contributed by atoms with van der Waals surface area (Å²) in [6, 6.07) is 22.6. The van der Waals surface area contributed by atoms with Crippen LogP contribution >= 0.6 is 0 Å². The summed E-state index contributed by atoms with van der Waals surface area (Å²) in [6.07, 6.45) is 0. The number of aryl methyl sites for hydroxylation is 1. The van der Waals surface area contributed by atoms with Gasteiger partial charge in [-0.2, -0.15) is 0 Å². The van der Waals surface area contributed by atoms with Gasteiger partial charge in [-0.15, -0.1) is 0 Å². The molecule has 4 nitrogen and oxygen atoms in total. The number of benzene rings is 3. The molecule has 3 aromatic carbocycles. The molecule has 4 aromatic rings. The van der Waals surface area contributed by atoms with Crippen LogP contribution in [0.25, 0.3) is 22.6 Å². The van der Waals surface area contributed by atoms with Gasteiger partial charge in [0.05, 0.1) is 0 Å². The Labute approximate surface area is 145 Å². The monoisotopic (exact) mass is 328 g/mol. The van der Waals surface area contributed by atoms with E-state index in [1.165, 1.54) is 0 Å². The van der Waals surface area contributed by atoms with E-state index in [0.717, 1.165) is 27.9 Å². The minimum absolute atomic E-state index is 0.118. The fourth-order valence-corrected chi connectivity index (χ4v) is 2.72. The minimum atomic E-state index is -0.118. The van der Waals surface area contributed by atoms with Crippen molar-refractivity contribution < 1.29 is 9.21 Å². The molecule has 1 N–H and O–H groups in total. The number of oxazole rings is 1. The molecule has 0 spiro atoms. The van der Waals surface area contributed by atoms with Gasteiger partial charge in [-0.05, 0) is 55.0 Å². The maximum atomic E-state index is 12.4. The first-order valence-electron chi connectivity index (χ1n) is 8.04. The zero-order valence-electron chi connectivity index (χ0n) is 13.7. The Kier molecular flexibility index (Phi) is 3.78. The molecule has 0 saturated heterocycles. The van der Waals surface area contributed by atoms with Gasteiger partial charge in [-0.1, -0.05) is 30.3 Å². The van der Waals surface area contributed by atoms with Crippen LogP contribution in [0.15, 0.2) is 77.2 Å². The zero-order valence-corrected chi connectivity index (χ0v) is 13.7. The van der Waals surface area contributed by atoms with Crippen molar-refractivity contribution in [2.75, 3.05) is 5.32 Å². The molecule has 4 rings (SSSR count). The summed E-state index contributed by atoms with van der Waals surface area (Å²) >= 11 is 0. The Hall–Kier alpha value is -3.40. The summed E-state index contributed by atoms with van der Waals surface area (Å²) in [5, 5.41) is 2.91. The molecular weight excluding hydrogens is 312 g/mol. The number of carbonyl (C=O) groups is 1. The fraction of sp³-hybridized carbons (Fsp3) is 0.0476. The highest BCUT2D eigenvalue weighted by atomic mass is 16.3. The maximum absolute atomic E-state index is 12.4. The standard InChI is InChI=1S/C21H16N2O2/c1-14-6-2-3-7-17(14)20(24)22-16-12-10-15(11-13-16)21-23-18-8-4-5-9-19(18)25-21/h2-13H,1H3,(H,22,24). The van der Waals surface area contributed by atoms with Crippen molar-refractivity contribution in [1.82, 2.24) is 4.98 Å². The lowest BCUT2D eigenvalue weighted by Crippen LogP contribution is -2.13. The molecule has 4 heteroatoms. The first-order chi connectivity index (χ1) is 12.2. The summed E-state index contributed by atoms with van der Waals surface area (Å²) in [5.74, 6) is 0.450. The normalized spacial score (nSPS) is 10.8. The number of fused-ring (bicyclic) bond motifs is 1. The number of aromatic nitrogens is 1. The number of rotatable bonds is 3. The van der Waals surface area contributed by atoms with Crippen LogP contribution in [0, 0.1) is 6.92 Å². The SMILES string of the molecule is Cc1ccccc1C(=O)Nc1ccc(-c2nc3ccccc3o2)cc1. The topological polar surface area (TPSA) is 55.1 Å². The predicted octanol–water partition coefficient (Wildman–Crippen LogP) is 5.06. The summed E-state index contributed by atoms with van der Waals surface area (Å²) in [4.78, 5) is 16.8. The number of hydrogen-bond donors (Lipinski definition) is 1. The highest BCUT2D eigenvalue weighted by Crippen LogP contribution is 2.25. The predicted molar refractivity (Wildman–Crippen MR) is 98.6 cm³/mol. The number of amides is 1. The van der Waals surface area contributed by atoms with Crippen LogP contribution in [0.5, 0.6) is 0 Å². The molecule has 0 aliphatic heterocycles. The number of carbonyl (C=O) groups excluding carboxylic acids is 1. The van der Waals surface area contributed by atoms with Crippen molar-refractivity contribution in [3.05, 3.63) is 83.9 Å². The van der Waals surface area contributed by atoms with Gasteiger partial charge < -0.3 is 9.73 Å². The Balaban J connectivity index is 1.56. The number of nitrogens with zero attached hydrogens (tertiary/aromatic N) is 1. The van der Waals surface area contributed by atoms with Crippen LogP contribution < -0.4 is 5.32 Å². The van der Waals surface area contributed by atoms with Gasteiger partial charge in [-0.3, -0.25) is 4.79 Å². The average molecular weight is 328 g/mol. The molecule has 0 aliphatic carbocycles. The summed E-state index contributed by atoms with van der Waals surface area (Å²) in [7, 11) is 0. The Morgan fingerprint density at radius 1 is 0.920 bits per heavy atom. The molecule has 0 unspecified atom stereocenters. The van der Waals surface area contributed by atoms with Gasteiger partial charge in [0.15, 0.2) is 5.58 Å². The third-order valence-corrected chi connectivity index (χ3v) is 4.07. The molecule has 1 heterocycles. The van der Waals surface area contributed by atoms with Gasteiger partial charge in [0, 0.05) is 16.8 Å². The van der Waals surface area contributed by atoms with Crippen LogP contribution in [-0.2, 0) is 0 Å². The van der Waals surface area contributed by atoms with E-state index >= 15 is 0 Å². The van der Waals surface area contributed by atoms with Crippen molar-refractivity contribution in [2.45, 2.75) is 6.92 Å². The molecule has 0 aliphatic rings. The molecule has 25 heavy (non-hydrogen) atoms. The van der Waals surface area contributed by atoms with Crippen LogP contribution in [0.2, 0.25) is 0 Å². The first-order valence-corrected chi connectivity index (χ1v) is 8.04. The second kappa shape index (κ2) is 6.24. The number of nitrogens with one attached hydrogen (secondary N) is 1. The van der Waals surface area contributed by atoms with E-state index in [9.17, 15) is 4.79 Å². The van der Waals surface area contributed by atoms with E-state index < -0.39 is 0 Å². The lowest BCUT2D eigenvalue weighted by atomic mass is 10.1. The van der Waals surface area contributed by atoms with Gasteiger partial charge >= 0.3 is 0 Å². The maximum Gasteiger partial charge on any atom is 0.255 e. The quantitative estimate of drug-likeness (QED) is 0.572. The Morgan fingerprint density at radius 3 is 2.40 bits per heavy atom. The third kappa shape index (κ3) is 3.02. The van der Waals surface area contributed by atoms with Crippen LogP contribution in [0.3, 0.4) is 0 Å². The number of hydrogen-bond acceptors (Lipinski definition) is 3. The fourth-order valence-electron chi connectivity index (χ4n) is 2.72. The van der Waals surface area contributed by atoms with Crippen molar-refractivity contribution in [1.29, 1.82) is 0 Å². The van der Waals surface area contributed by atoms with E-state index in [2.05, 4.69) is 10.3 Å². The molecule has 122 valence electrons. The lowest BCUT2D eigenvalue weighted by Gasteiger charge is -2.07. The highest BCUT2D eigenvalue weighted by molar-refractivity contribution is 6.05. The highest BCUT2D eigenvalue weighted by Gasteiger charge is 2.10. The lowest BCUT2D eigenvalue weighted by molar-refractivity contribution is 0.102. The molecule has 0 fully saturated rings. The molecule has 1 amide bonds. The molecule has 0 radical (unpaired) electrons. The van der Waals surface area contributed by atoms with Crippen LogP contribution in [-0.4, -0.2) is 10.9 Å². The summed E-state index contributed by atoms with van der Waals surface area (Å²) in [5.41, 5.74) is 4.80. The van der Waals surface area contributed by atoms with E-state index in [0.29, 0.717) is 11.5 Å². The van der Waals surface area contributed by atoms with Crippen molar-refractivity contribution in [3.8, 4) is 11.5 Å². The number of anilines is 1. The van der Waals surface area contributed by atoms with Crippen molar-refractivity contribution in [2.24, 2.45) is 0 Å². The largest absolute Gasteiger partial charge is 0.436 e. The zero-order chi connectivity index (χ0) is 17.2. The summed E-state index contributed by atoms with van der Waals surface area (Å²) in [6.45, 7) is 1.92. The average Bonchev–Trinajstić information content (AvgIpc) is 3.07.